The van der Waals surface area contributed by atoms with Crippen molar-refractivity contribution in [3.63, 3.8) is 0 Å². The zero-order chi connectivity index (χ0) is 17.0. The number of hydrogen-bond acceptors (Lipinski definition) is 4. The van der Waals surface area contributed by atoms with Crippen molar-refractivity contribution in [1.82, 2.24) is 9.88 Å². The Balaban J connectivity index is 1.39. The third-order valence-corrected chi connectivity index (χ3v) is 7.69. The summed E-state index contributed by atoms with van der Waals surface area (Å²) < 4.78 is 1.35. The summed E-state index contributed by atoms with van der Waals surface area (Å²) in [5.74, 6) is 3.23. The van der Waals surface area contributed by atoms with E-state index < -0.39 is 0 Å². The van der Waals surface area contributed by atoms with Crippen molar-refractivity contribution in [3.8, 4) is 0 Å². The molecule has 2 aliphatic heterocycles. The van der Waals surface area contributed by atoms with Crippen LogP contribution in [-0.4, -0.2) is 42.3 Å². The molecule has 0 radical (unpaired) electrons. The van der Waals surface area contributed by atoms with E-state index in [1.54, 1.807) is 0 Å². The average molecular weight is 354 g/mol. The molecule has 1 saturated carbocycles. The largest absolute Gasteiger partial charge is 0.306 e. The van der Waals surface area contributed by atoms with Crippen LogP contribution in [0.3, 0.4) is 0 Å². The van der Waals surface area contributed by atoms with Gasteiger partial charge >= 0.3 is 0 Å². The molecule has 0 bridgehead atoms. The van der Waals surface area contributed by atoms with E-state index in [-0.39, 0.29) is 0 Å². The molecular formula is C21H27N3S. The SMILES string of the molecule is C[C@H]1CCC(c2ccc3sc(C4C[C@@H]5CN(C)C[C@@H]5C4)nc3c2)=NC1. The van der Waals surface area contributed by atoms with E-state index in [9.17, 15) is 0 Å². The molecule has 3 aliphatic rings. The van der Waals surface area contributed by atoms with Gasteiger partial charge in [-0.05, 0) is 68.2 Å². The van der Waals surface area contributed by atoms with Crippen LogP contribution in [0.4, 0.5) is 0 Å². The lowest BCUT2D eigenvalue weighted by Crippen LogP contribution is -2.16. The minimum absolute atomic E-state index is 0.692. The molecule has 1 unspecified atom stereocenters. The lowest BCUT2D eigenvalue weighted by molar-refractivity contribution is 0.371. The zero-order valence-electron chi connectivity index (χ0n) is 15.2. The summed E-state index contributed by atoms with van der Waals surface area (Å²) in [6.45, 7) is 5.85. The lowest BCUT2D eigenvalue weighted by atomic mass is 9.96. The minimum atomic E-state index is 0.692. The van der Waals surface area contributed by atoms with Crippen LogP contribution in [0.25, 0.3) is 10.2 Å². The highest BCUT2D eigenvalue weighted by Gasteiger charge is 2.41. The summed E-state index contributed by atoms with van der Waals surface area (Å²) in [5, 5.41) is 1.38. The monoisotopic (exact) mass is 353 g/mol. The Bertz CT molecular complexity index is 810. The number of aromatic nitrogens is 1. The molecule has 0 amide bonds. The third-order valence-electron chi connectivity index (χ3n) is 6.49. The molecule has 25 heavy (non-hydrogen) atoms. The van der Waals surface area contributed by atoms with E-state index in [2.05, 4.69) is 37.1 Å². The van der Waals surface area contributed by atoms with Gasteiger partial charge in [0.2, 0.25) is 0 Å². The molecule has 1 aliphatic carbocycles. The fraction of sp³-hybridized carbons (Fsp3) is 0.619. The summed E-state index contributed by atoms with van der Waals surface area (Å²) >= 11 is 1.93. The number of aliphatic imine (C=N–C) groups is 1. The Morgan fingerprint density at radius 2 is 1.96 bits per heavy atom. The molecular weight excluding hydrogens is 326 g/mol. The molecule has 5 rings (SSSR count). The van der Waals surface area contributed by atoms with Crippen molar-refractivity contribution in [2.24, 2.45) is 22.7 Å². The molecule has 1 saturated heterocycles. The molecule has 4 atom stereocenters. The third kappa shape index (κ3) is 2.93. The highest BCUT2D eigenvalue weighted by molar-refractivity contribution is 7.18. The molecule has 3 heterocycles. The van der Waals surface area contributed by atoms with E-state index in [0.29, 0.717) is 5.92 Å². The van der Waals surface area contributed by atoms with E-state index in [4.69, 9.17) is 9.98 Å². The summed E-state index contributed by atoms with van der Waals surface area (Å²) in [6, 6.07) is 6.82. The van der Waals surface area contributed by atoms with Crippen molar-refractivity contribution < 1.29 is 0 Å². The van der Waals surface area contributed by atoms with Gasteiger partial charge in [0, 0.05) is 31.3 Å². The smallest absolute Gasteiger partial charge is 0.0969 e. The van der Waals surface area contributed by atoms with Crippen molar-refractivity contribution >= 4 is 27.3 Å². The minimum Gasteiger partial charge on any atom is -0.306 e. The average Bonchev–Trinajstić information content (AvgIpc) is 3.26. The van der Waals surface area contributed by atoms with Gasteiger partial charge in [-0.2, -0.15) is 0 Å². The van der Waals surface area contributed by atoms with Gasteiger partial charge < -0.3 is 4.90 Å². The van der Waals surface area contributed by atoms with Gasteiger partial charge in [0.15, 0.2) is 0 Å². The fourth-order valence-electron chi connectivity index (χ4n) is 5.09. The molecule has 0 N–H and O–H groups in total. The summed E-state index contributed by atoms with van der Waals surface area (Å²) in [4.78, 5) is 12.4. The molecule has 1 aromatic carbocycles. The first-order valence-corrected chi connectivity index (χ1v) is 10.6. The standard InChI is InChI=1S/C21H27N3S/c1-13-3-5-18(22-10-13)14-4-6-20-19(9-14)23-21(25-20)15-7-16-11-24(2)12-17(16)8-15/h4,6,9,13,15-17H,3,5,7-8,10-12H2,1-2H3/t13-,15?,16-,17+/m0/s1. The second-order valence-corrected chi connectivity index (χ2v) is 9.64. The molecule has 2 aromatic rings. The van der Waals surface area contributed by atoms with Crippen LogP contribution in [0.15, 0.2) is 23.2 Å². The Morgan fingerprint density at radius 1 is 1.16 bits per heavy atom. The van der Waals surface area contributed by atoms with E-state index in [0.717, 1.165) is 30.7 Å². The first kappa shape index (κ1) is 16.0. The predicted molar refractivity (Wildman–Crippen MR) is 106 cm³/mol. The highest BCUT2D eigenvalue weighted by atomic mass is 32.1. The van der Waals surface area contributed by atoms with Crippen molar-refractivity contribution in [2.45, 2.75) is 38.5 Å². The molecule has 3 nitrogen and oxygen atoms in total. The zero-order valence-corrected chi connectivity index (χ0v) is 16.1. The Hall–Kier alpha value is -1.26. The molecule has 132 valence electrons. The van der Waals surface area contributed by atoms with Gasteiger partial charge in [-0.3, -0.25) is 4.99 Å². The fourth-order valence-corrected chi connectivity index (χ4v) is 6.16. The van der Waals surface area contributed by atoms with Crippen molar-refractivity contribution in [3.05, 3.63) is 28.8 Å². The Kier molecular flexibility index (Phi) is 3.94. The van der Waals surface area contributed by atoms with Crippen molar-refractivity contribution in [1.29, 1.82) is 0 Å². The first-order valence-electron chi connectivity index (χ1n) is 9.78. The summed E-state index contributed by atoms with van der Waals surface area (Å²) in [7, 11) is 2.27. The van der Waals surface area contributed by atoms with Crippen LogP contribution in [0.1, 0.15) is 49.1 Å². The van der Waals surface area contributed by atoms with Gasteiger partial charge in [0.25, 0.3) is 0 Å². The lowest BCUT2D eigenvalue weighted by Gasteiger charge is -2.17. The van der Waals surface area contributed by atoms with Gasteiger partial charge in [0.1, 0.15) is 0 Å². The van der Waals surface area contributed by atoms with Crippen LogP contribution >= 0.6 is 11.3 Å². The number of likely N-dealkylation sites (tertiary alicyclic amines) is 1. The number of benzene rings is 1. The van der Waals surface area contributed by atoms with E-state index in [1.165, 1.54) is 58.9 Å². The predicted octanol–water partition coefficient (Wildman–Crippen LogP) is 4.57. The van der Waals surface area contributed by atoms with Crippen molar-refractivity contribution in [2.75, 3.05) is 26.7 Å². The van der Waals surface area contributed by atoms with Crippen LogP contribution in [-0.2, 0) is 0 Å². The summed E-state index contributed by atoms with van der Waals surface area (Å²) in [6.07, 6.45) is 5.06. The normalized spacial score (nSPS) is 33.0. The highest BCUT2D eigenvalue weighted by Crippen LogP contribution is 2.47. The first-order chi connectivity index (χ1) is 12.2. The maximum Gasteiger partial charge on any atom is 0.0969 e. The van der Waals surface area contributed by atoms with Crippen LogP contribution in [0.2, 0.25) is 0 Å². The van der Waals surface area contributed by atoms with Gasteiger partial charge in [-0.1, -0.05) is 13.0 Å². The van der Waals surface area contributed by atoms with Crippen LogP contribution < -0.4 is 0 Å². The quantitative estimate of drug-likeness (QED) is 0.791. The van der Waals surface area contributed by atoms with Crippen LogP contribution in [0.5, 0.6) is 0 Å². The second kappa shape index (κ2) is 6.17. The summed E-state index contributed by atoms with van der Waals surface area (Å²) in [5.41, 5.74) is 3.77. The van der Waals surface area contributed by atoms with E-state index >= 15 is 0 Å². The maximum absolute atomic E-state index is 5.06. The number of fused-ring (bicyclic) bond motifs is 2. The number of nitrogens with zero attached hydrogens (tertiary/aromatic N) is 3. The van der Waals surface area contributed by atoms with Crippen LogP contribution in [0, 0.1) is 17.8 Å². The van der Waals surface area contributed by atoms with E-state index in [1.807, 2.05) is 11.3 Å². The topological polar surface area (TPSA) is 28.5 Å². The Morgan fingerprint density at radius 3 is 2.68 bits per heavy atom. The maximum atomic E-state index is 5.06. The molecule has 2 fully saturated rings. The molecule has 4 heteroatoms. The molecule has 1 aromatic heterocycles. The Labute approximate surface area is 154 Å². The second-order valence-electron chi connectivity index (χ2n) is 8.58. The number of rotatable bonds is 2. The van der Waals surface area contributed by atoms with Gasteiger partial charge in [-0.25, -0.2) is 4.98 Å². The van der Waals surface area contributed by atoms with Gasteiger partial charge in [0.05, 0.1) is 15.2 Å². The number of hydrogen-bond donors (Lipinski definition) is 0. The number of thiazole rings is 1. The van der Waals surface area contributed by atoms with Gasteiger partial charge in [-0.15, -0.1) is 11.3 Å². The molecule has 0 spiro atoms.